The van der Waals surface area contributed by atoms with E-state index in [1.54, 1.807) is 16.8 Å². The number of aromatic nitrogens is 8. The summed E-state index contributed by atoms with van der Waals surface area (Å²) < 4.78 is 1.60. The van der Waals surface area contributed by atoms with Gasteiger partial charge in [0.1, 0.15) is 6.54 Å². The number of carbonyl (C=O) groups excluding carboxylic acids is 1. The van der Waals surface area contributed by atoms with Crippen molar-refractivity contribution in [3.8, 4) is 17.1 Å². The van der Waals surface area contributed by atoms with Crippen LogP contribution in [0.4, 0.5) is 5.69 Å². The van der Waals surface area contributed by atoms with Crippen LogP contribution < -0.4 is 5.32 Å². The molecule has 11 heteroatoms. The Morgan fingerprint density at radius 2 is 1.93 bits per heavy atom. The zero-order valence-corrected chi connectivity index (χ0v) is 15.6. The molecule has 0 aliphatic rings. The van der Waals surface area contributed by atoms with E-state index >= 15 is 0 Å². The molecule has 1 amide bonds. The van der Waals surface area contributed by atoms with Crippen molar-refractivity contribution in [1.29, 1.82) is 0 Å². The van der Waals surface area contributed by atoms with Crippen LogP contribution in [0.1, 0.15) is 0 Å². The summed E-state index contributed by atoms with van der Waals surface area (Å²) in [7, 11) is 0. The minimum Gasteiger partial charge on any atom is -0.324 e. The number of nitrogens with one attached hydrogen (secondary N) is 1. The molecule has 28 heavy (non-hydrogen) atoms. The summed E-state index contributed by atoms with van der Waals surface area (Å²) in [6.07, 6.45) is 1.89. The number of anilines is 1. The third kappa shape index (κ3) is 3.88. The van der Waals surface area contributed by atoms with Gasteiger partial charge in [-0.3, -0.25) is 4.79 Å². The Bertz CT molecular complexity index is 1090. The molecule has 4 rings (SSSR count). The predicted octanol–water partition coefficient (Wildman–Crippen LogP) is 1.68. The molecule has 0 aliphatic carbocycles. The van der Waals surface area contributed by atoms with E-state index in [1.807, 2.05) is 48.7 Å². The number of amides is 1. The summed E-state index contributed by atoms with van der Waals surface area (Å²) in [6.45, 7) is -0.0506. The average Bonchev–Trinajstić information content (AvgIpc) is 3.38. The number of hydrogen-bond acceptors (Lipinski definition) is 8. The molecule has 2 heterocycles. The fourth-order valence-corrected chi connectivity index (χ4v) is 2.96. The molecule has 2 aromatic heterocycles. The molecular formula is C17H15N9OS. The summed E-state index contributed by atoms with van der Waals surface area (Å²) in [5.41, 5.74) is 2.21. The molecule has 1 N–H and O–H groups in total. The maximum Gasteiger partial charge on any atom is 0.248 e. The highest BCUT2D eigenvalue weighted by Crippen LogP contribution is 2.18. The highest BCUT2D eigenvalue weighted by atomic mass is 32.2. The SMILES string of the molecule is CSc1nnnn1-c1cccc(NC(=O)Cn2nnc(-c3ccccc3)n2)c1. The second kappa shape index (κ2) is 7.96. The average molecular weight is 393 g/mol. The molecule has 0 bridgehead atoms. The zero-order chi connectivity index (χ0) is 19.3. The van der Waals surface area contributed by atoms with Crippen LogP contribution in [0.3, 0.4) is 0 Å². The van der Waals surface area contributed by atoms with E-state index in [2.05, 4.69) is 36.3 Å². The molecule has 0 fully saturated rings. The minimum absolute atomic E-state index is 0.0506. The fourth-order valence-electron chi connectivity index (χ4n) is 2.53. The van der Waals surface area contributed by atoms with Crippen LogP contribution in [0.5, 0.6) is 0 Å². The largest absolute Gasteiger partial charge is 0.324 e. The fraction of sp³-hybridized carbons (Fsp3) is 0.118. The smallest absolute Gasteiger partial charge is 0.248 e. The topological polar surface area (TPSA) is 116 Å². The molecule has 0 aliphatic heterocycles. The Kier molecular flexibility index (Phi) is 5.06. The van der Waals surface area contributed by atoms with Crippen LogP contribution in [0.25, 0.3) is 17.1 Å². The van der Waals surface area contributed by atoms with Gasteiger partial charge in [-0.05, 0) is 40.1 Å². The van der Waals surface area contributed by atoms with Crippen LogP contribution in [0.2, 0.25) is 0 Å². The first-order valence-electron chi connectivity index (χ1n) is 8.29. The van der Waals surface area contributed by atoms with Crippen molar-refractivity contribution in [2.24, 2.45) is 0 Å². The molecule has 2 aromatic carbocycles. The van der Waals surface area contributed by atoms with Crippen molar-refractivity contribution < 1.29 is 4.79 Å². The third-order valence-electron chi connectivity index (χ3n) is 3.77. The molecule has 0 saturated heterocycles. The molecular weight excluding hydrogens is 378 g/mol. The summed E-state index contributed by atoms with van der Waals surface area (Å²) in [4.78, 5) is 13.6. The lowest BCUT2D eigenvalue weighted by Gasteiger charge is -2.07. The second-order valence-corrected chi connectivity index (χ2v) is 6.46. The van der Waals surface area contributed by atoms with Gasteiger partial charge in [-0.1, -0.05) is 48.2 Å². The van der Waals surface area contributed by atoms with Crippen LogP contribution in [0, 0.1) is 0 Å². The van der Waals surface area contributed by atoms with Crippen LogP contribution in [-0.2, 0) is 11.3 Å². The number of hydrogen-bond donors (Lipinski definition) is 1. The number of nitrogens with zero attached hydrogens (tertiary/aromatic N) is 8. The van der Waals surface area contributed by atoms with Crippen molar-refractivity contribution in [2.75, 3.05) is 11.6 Å². The van der Waals surface area contributed by atoms with E-state index in [0.717, 1.165) is 11.3 Å². The quantitative estimate of drug-likeness (QED) is 0.492. The molecule has 0 saturated carbocycles. The summed E-state index contributed by atoms with van der Waals surface area (Å²) >= 11 is 1.43. The van der Waals surface area contributed by atoms with Gasteiger partial charge in [0.2, 0.25) is 16.9 Å². The Morgan fingerprint density at radius 3 is 2.75 bits per heavy atom. The van der Waals surface area contributed by atoms with Gasteiger partial charge in [-0.2, -0.15) is 9.48 Å². The van der Waals surface area contributed by atoms with E-state index in [4.69, 9.17) is 0 Å². The highest BCUT2D eigenvalue weighted by molar-refractivity contribution is 7.98. The predicted molar refractivity (Wildman–Crippen MR) is 103 cm³/mol. The third-order valence-corrected chi connectivity index (χ3v) is 4.39. The van der Waals surface area contributed by atoms with E-state index in [9.17, 15) is 4.79 Å². The summed E-state index contributed by atoms with van der Waals surface area (Å²) in [6, 6.07) is 16.7. The van der Waals surface area contributed by atoms with E-state index in [0.29, 0.717) is 16.7 Å². The molecule has 0 atom stereocenters. The van der Waals surface area contributed by atoms with Crippen LogP contribution in [0.15, 0.2) is 59.8 Å². The van der Waals surface area contributed by atoms with Crippen molar-refractivity contribution in [3.05, 3.63) is 54.6 Å². The molecule has 140 valence electrons. The first-order chi connectivity index (χ1) is 13.7. The molecule has 0 radical (unpaired) electrons. The molecule has 10 nitrogen and oxygen atoms in total. The summed E-state index contributed by atoms with van der Waals surface area (Å²) in [5.74, 6) is 0.203. The van der Waals surface area contributed by atoms with Crippen LogP contribution in [-0.4, -0.2) is 52.6 Å². The van der Waals surface area contributed by atoms with Gasteiger partial charge in [0, 0.05) is 11.3 Å². The number of carbonyl (C=O) groups is 1. The molecule has 4 aromatic rings. The van der Waals surface area contributed by atoms with Gasteiger partial charge in [0.15, 0.2) is 0 Å². The van der Waals surface area contributed by atoms with E-state index in [-0.39, 0.29) is 12.5 Å². The second-order valence-electron chi connectivity index (χ2n) is 5.69. The van der Waals surface area contributed by atoms with Crippen molar-refractivity contribution >= 4 is 23.4 Å². The Hall–Kier alpha value is -3.60. The number of rotatable bonds is 6. The van der Waals surface area contributed by atoms with Crippen LogP contribution >= 0.6 is 11.8 Å². The van der Waals surface area contributed by atoms with Gasteiger partial charge in [0.25, 0.3) is 0 Å². The van der Waals surface area contributed by atoms with Gasteiger partial charge in [0.05, 0.1) is 5.69 Å². The lowest BCUT2D eigenvalue weighted by atomic mass is 10.2. The van der Waals surface area contributed by atoms with E-state index < -0.39 is 0 Å². The van der Waals surface area contributed by atoms with Gasteiger partial charge in [-0.15, -0.1) is 15.3 Å². The molecule has 0 unspecified atom stereocenters. The van der Waals surface area contributed by atoms with E-state index in [1.165, 1.54) is 16.6 Å². The maximum absolute atomic E-state index is 12.4. The number of thioether (sulfide) groups is 1. The van der Waals surface area contributed by atoms with Crippen molar-refractivity contribution in [2.45, 2.75) is 11.7 Å². The Balaban J connectivity index is 1.45. The van der Waals surface area contributed by atoms with Gasteiger partial charge in [-0.25, -0.2) is 0 Å². The monoisotopic (exact) mass is 393 g/mol. The zero-order valence-electron chi connectivity index (χ0n) is 14.8. The lowest BCUT2D eigenvalue weighted by molar-refractivity contribution is -0.117. The van der Waals surface area contributed by atoms with Gasteiger partial charge < -0.3 is 5.32 Å². The number of tetrazole rings is 2. The van der Waals surface area contributed by atoms with Gasteiger partial charge >= 0.3 is 0 Å². The lowest BCUT2D eigenvalue weighted by Crippen LogP contribution is -2.20. The normalized spacial score (nSPS) is 10.8. The molecule has 0 spiro atoms. The first-order valence-corrected chi connectivity index (χ1v) is 9.51. The highest BCUT2D eigenvalue weighted by Gasteiger charge is 2.11. The summed E-state index contributed by atoms with van der Waals surface area (Å²) in [5, 5.41) is 27.2. The van der Waals surface area contributed by atoms with Crippen molar-refractivity contribution in [3.63, 3.8) is 0 Å². The van der Waals surface area contributed by atoms with Crippen molar-refractivity contribution in [1.82, 2.24) is 40.4 Å². The number of benzene rings is 2. The first kappa shape index (κ1) is 17.8. The Labute approximate surface area is 163 Å². The maximum atomic E-state index is 12.4. The minimum atomic E-state index is -0.268. The Morgan fingerprint density at radius 1 is 1.07 bits per heavy atom. The standard InChI is InChI=1S/C17H15N9OS/c1-28-17-20-22-24-26(17)14-9-5-8-13(10-14)18-15(27)11-25-21-16(19-23-25)12-6-3-2-4-7-12/h2-10H,11H2,1H3,(H,18,27).